The minimum atomic E-state index is -1.58. The number of amides is 1. The standard InChI is InChI=1S/C42H41F4N5O2/c1-23-16-30-28-6-4-5-7-34(28)49-39(30)40(51(23)22-42(2,3)46)37-32(44)19-27(20-33(37)45)53-15-14-47-21-24-8-10-25(11-9-24)38-29-12-13-48-41(52)31-17-26(43)18-35(50-38)36(29)31/h4-11,17-20,23,40,47,49-50H,12-16,21-22H2,1-3H3,(H,48,52)/t23-,40-/m1/s1. The monoisotopic (exact) mass is 723 g/mol. The van der Waals surface area contributed by atoms with E-state index in [1.807, 2.05) is 60.4 Å². The summed E-state index contributed by atoms with van der Waals surface area (Å²) in [5.74, 6) is -2.16. The molecule has 1 amide bonds. The number of hydrogen-bond acceptors (Lipinski definition) is 4. The fourth-order valence-corrected chi connectivity index (χ4v) is 8.10. The summed E-state index contributed by atoms with van der Waals surface area (Å²) in [6.45, 7) is 6.53. The molecule has 7 nitrogen and oxygen atoms in total. The molecule has 4 heterocycles. The van der Waals surface area contributed by atoms with Crippen LogP contribution in [-0.4, -0.2) is 58.7 Å². The maximum absolute atomic E-state index is 16.0. The van der Waals surface area contributed by atoms with Crippen molar-refractivity contribution in [2.75, 3.05) is 26.2 Å². The second-order valence-electron chi connectivity index (χ2n) is 14.8. The average Bonchev–Trinajstić information content (AvgIpc) is 3.61. The van der Waals surface area contributed by atoms with Crippen LogP contribution >= 0.6 is 0 Å². The summed E-state index contributed by atoms with van der Waals surface area (Å²) in [6, 6.07) is 19.9. The van der Waals surface area contributed by atoms with E-state index in [1.54, 1.807) is 0 Å². The number of carbonyl (C=O) groups excluding carboxylic acids is 1. The molecule has 0 bridgehead atoms. The number of alkyl halides is 1. The van der Waals surface area contributed by atoms with Crippen LogP contribution in [0.4, 0.5) is 17.6 Å². The van der Waals surface area contributed by atoms with E-state index in [2.05, 4.69) is 20.6 Å². The average molecular weight is 724 g/mol. The Hall–Kier alpha value is -5.13. The predicted octanol–water partition coefficient (Wildman–Crippen LogP) is 8.27. The molecule has 0 aliphatic carbocycles. The number of hydrogen-bond donors (Lipinski definition) is 4. The van der Waals surface area contributed by atoms with Gasteiger partial charge in [-0.25, -0.2) is 17.6 Å². The van der Waals surface area contributed by atoms with Crippen molar-refractivity contribution >= 4 is 27.7 Å². The number of benzene rings is 4. The molecule has 2 atom stereocenters. The molecule has 0 saturated carbocycles. The van der Waals surface area contributed by atoms with Crippen LogP contribution in [0, 0.1) is 17.5 Å². The predicted molar refractivity (Wildman–Crippen MR) is 198 cm³/mol. The maximum atomic E-state index is 16.0. The van der Waals surface area contributed by atoms with Crippen LogP contribution in [0.3, 0.4) is 0 Å². The van der Waals surface area contributed by atoms with Crippen molar-refractivity contribution in [1.29, 1.82) is 0 Å². The van der Waals surface area contributed by atoms with Gasteiger partial charge in [-0.05, 0) is 74.1 Å². The van der Waals surface area contributed by atoms with Gasteiger partial charge in [-0.15, -0.1) is 0 Å². The van der Waals surface area contributed by atoms with Gasteiger partial charge in [0, 0.05) is 83.1 Å². The number of para-hydroxylation sites is 1. The smallest absolute Gasteiger partial charge is 0.252 e. The van der Waals surface area contributed by atoms with E-state index in [0.717, 1.165) is 44.2 Å². The largest absolute Gasteiger partial charge is 0.492 e. The number of nitrogens with zero attached hydrogens (tertiary/aromatic N) is 1. The number of halogens is 4. The first kappa shape index (κ1) is 34.9. The van der Waals surface area contributed by atoms with E-state index in [-0.39, 0.29) is 36.4 Å². The number of aromatic nitrogens is 2. The van der Waals surface area contributed by atoms with Crippen LogP contribution in [0.25, 0.3) is 33.1 Å². The fourth-order valence-electron chi connectivity index (χ4n) is 8.10. The molecule has 274 valence electrons. The zero-order chi connectivity index (χ0) is 37.0. The molecular weight excluding hydrogens is 682 g/mol. The molecule has 2 aliphatic rings. The summed E-state index contributed by atoms with van der Waals surface area (Å²) in [5.41, 5.74) is 5.56. The van der Waals surface area contributed by atoms with Crippen molar-refractivity contribution in [3.8, 4) is 17.0 Å². The van der Waals surface area contributed by atoms with Crippen molar-refractivity contribution in [3.05, 3.63) is 124 Å². The second kappa shape index (κ2) is 13.7. The van der Waals surface area contributed by atoms with Crippen molar-refractivity contribution in [2.24, 2.45) is 0 Å². The number of fused-ring (bicyclic) bond motifs is 3. The number of rotatable bonds is 10. The van der Waals surface area contributed by atoms with Gasteiger partial charge < -0.3 is 25.3 Å². The number of ether oxygens (including phenoxy) is 1. The van der Waals surface area contributed by atoms with E-state index < -0.39 is 29.2 Å². The Labute approximate surface area is 304 Å². The molecule has 8 rings (SSSR count). The summed E-state index contributed by atoms with van der Waals surface area (Å²) in [6.07, 6.45) is 1.25. The zero-order valence-electron chi connectivity index (χ0n) is 29.8. The summed E-state index contributed by atoms with van der Waals surface area (Å²) in [5, 5.41) is 7.91. The van der Waals surface area contributed by atoms with Gasteiger partial charge in [-0.2, -0.15) is 0 Å². The number of carbonyl (C=O) groups is 1. The summed E-state index contributed by atoms with van der Waals surface area (Å²) >= 11 is 0. The second-order valence-corrected chi connectivity index (χ2v) is 14.8. The molecule has 11 heteroatoms. The number of H-pyrrole nitrogens is 2. The zero-order valence-corrected chi connectivity index (χ0v) is 29.8. The summed E-state index contributed by atoms with van der Waals surface area (Å²) < 4.78 is 67.2. The van der Waals surface area contributed by atoms with Crippen molar-refractivity contribution < 1.29 is 27.1 Å². The van der Waals surface area contributed by atoms with Gasteiger partial charge in [0.15, 0.2) is 0 Å². The van der Waals surface area contributed by atoms with Gasteiger partial charge in [0.2, 0.25) is 0 Å². The molecule has 0 fully saturated rings. The molecular formula is C42H41F4N5O2. The van der Waals surface area contributed by atoms with Crippen LogP contribution < -0.4 is 15.4 Å². The molecule has 0 unspecified atom stereocenters. The first-order valence-corrected chi connectivity index (χ1v) is 18.0. The van der Waals surface area contributed by atoms with Gasteiger partial charge in [-0.3, -0.25) is 9.69 Å². The molecule has 0 spiro atoms. The van der Waals surface area contributed by atoms with E-state index >= 15 is 13.2 Å². The lowest BCUT2D eigenvalue weighted by Gasteiger charge is -2.43. The molecule has 0 saturated heterocycles. The summed E-state index contributed by atoms with van der Waals surface area (Å²) in [4.78, 5) is 21.1. The third kappa shape index (κ3) is 6.68. The molecule has 0 radical (unpaired) electrons. The molecule has 2 aliphatic heterocycles. The number of nitrogens with one attached hydrogen (secondary N) is 4. The molecule has 53 heavy (non-hydrogen) atoms. The normalized spacial score (nSPS) is 17.6. The van der Waals surface area contributed by atoms with Gasteiger partial charge in [0.1, 0.15) is 35.5 Å². The maximum Gasteiger partial charge on any atom is 0.252 e. The van der Waals surface area contributed by atoms with Crippen LogP contribution in [0.5, 0.6) is 5.75 Å². The van der Waals surface area contributed by atoms with Gasteiger partial charge in [0.25, 0.3) is 5.91 Å². The molecule has 6 aromatic rings. The Bertz CT molecular complexity index is 2320. The lowest BCUT2D eigenvalue weighted by atomic mass is 9.87. The minimum absolute atomic E-state index is 0.00512. The molecule has 2 aromatic heterocycles. The van der Waals surface area contributed by atoms with E-state index in [1.165, 1.54) is 38.1 Å². The third-order valence-electron chi connectivity index (χ3n) is 10.4. The Morgan fingerprint density at radius 2 is 1.70 bits per heavy atom. The lowest BCUT2D eigenvalue weighted by molar-refractivity contribution is 0.0642. The highest BCUT2D eigenvalue weighted by atomic mass is 19.1. The van der Waals surface area contributed by atoms with Crippen molar-refractivity contribution in [1.82, 2.24) is 25.5 Å². The lowest BCUT2D eigenvalue weighted by Crippen LogP contribution is -2.48. The highest BCUT2D eigenvalue weighted by Gasteiger charge is 2.41. The van der Waals surface area contributed by atoms with Gasteiger partial charge in [0.05, 0.1) is 11.6 Å². The van der Waals surface area contributed by atoms with E-state index in [9.17, 15) is 9.18 Å². The van der Waals surface area contributed by atoms with Crippen molar-refractivity contribution in [2.45, 2.75) is 57.9 Å². The van der Waals surface area contributed by atoms with Crippen LogP contribution in [0.2, 0.25) is 0 Å². The Kier molecular flexibility index (Phi) is 9.02. The minimum Gasteiger partial charge on any atom is -0.492 e. The quantitative estimate of drug-likeness (QED) is 0.0848. The van der Waals surface area contributed by atoms with Crippen molar-refractivity contribution in [3.63, 3.8) is 0 Å². The summed E-state index contributed by atoms with van der Waals surface area (Å²) in [7, 11) is 0. The number of aromatic amines is 2. The van der Waals surface area contributed by atoms with E-state index in [0.29, 0.717) is 49.2 Å². The first-order valence-electron chi connectivity index (χ1n) is 18.0. The third-order valence-corrected chi connectivity index (χ3v) is 10.4. The highest BCUT2D eigenvalue weighted by Crippen LogP contribution is 2.44. The SMILES string of the molecule is C[C@@H]1Cc2c([nH]c3ccccc23)[C@@H](c2c(F)cc(OCCNCc3ccc(-c4[nH]c5cc(F)cc6c5c4CCNC6=O)cc3)cc2F)N1CC(C)(C)F. The first-order chi connectivity index (χ1) is 25.4. The fraction of sp³-hybridized carbons (Fsp3) is 0.310. The van der Waals surface area contributed by atoms with Gasteiger partial charge >= 0.3 is 0 Å². The Balaban J connectivity index is 0.937. The molecule has 4 aromatic carbocycles. The topological polar surface area (TPSA) is 85.2 Å². The van der Waals surface area contributed by atoms with Crippen LogP contribution in [0.1, 0.15) is 65.1 Å². The van der Waals surface area contributed by atoms with Gasteiger partial charge in [-0.1, -0.05) is 42.5 Å². The van der Waals surface area contributed by atoms with E-state index in [4.69, 9.17) is 4.74 Å². The van der Waals surface area contributed by atoms with Crippen LogP contribution in [-0.2, 0) is 19.4 Å². The Morgan fingerprint density at radius 3 is 2.45 bits per heavy atom. The Morgan fingerprint density at radius 1 is 0.943 bits per heavy atom. The highest BCUT2D eigenvalue weighted by molar-refractivity contribution is 6.10. The molecule has 4 N–H and O–H groups in total. The van der Waals surface area contributed by atoms with Crippen LogP contribution in [0.15, 0.2) is 72.8 Å².